The molecule has 0 saturated carbocycles. The summed E-state index contributed by atoms with van der Waals surface area (Å²) in [4.78, 5) is 14.5. The summed E-state index contributed by atoms with van der Waals surface area (Å²) in [5.41, 5.74) is 8.38. The Morgan fingerprint density at radius 3 is 1.81 bits per heavy atom. The molecule has 5 aromatic rings. The van der Waals surface area contributed by atoms with Crippen LogP contribution in [0.5, 0.6) is 0 Å². The van der Waals surface area contributed by atoms with Crippen molar-refractivity contribution >= 4 is 5.57 Å². The van der Waals surface area contributed by atoms with Crippen molar-refractivity contribution < 1.29 is 0 Å². The van der Waals surface area contributed by atoms with Crippen molar-refractivity contribution in [1.29, 1.82) is 10.5 Å². The molecule has 0 aliphatic heterocycles. The van der Waals surface area contributed by atoms with Crippen molar-refractivity contribution in [3.63, 3.8) is 0 Å². The van der Waals surface area contributed by atoms with Gasteiger partial charge in [0.25, 0.3) is 0 Å². The van der Waals surface area contributed by atoms with E-state index in [0.717, 1.165) is 45.4 Å². The SMILES string of the molecule is C/C=C(\C=C/CC)c1cc(Cc2nc(-c3ccc(C#N)cc3)nc(-c3ccc(C#N)cc3)n2)cc(-c2ccccc2)c1. The van der Waals surface area contributed by atoms with Crippen molar-refractivity contribution in [2.24, 2.45) is 0 Å². The summed E-state index contributed by atoms with van der Waals surface area (Å²) >= 11 is 0. The van der Waals surface area contributed by atoms with Crippen molar-refractivity contribution in [3.05, 3.63) is 143 Å². The summed E-state index contributed by atoms with van der Waals surface area (Å²) in [5, 5.41) is 18.5. The second-order valence-corrected chi connectivity index (χ2v) is 9.79. The highest BCUT2D eigenvalue weighted by Gasteiger charge is 2.13. The first kappa shape index (κ1) is 27.9. The Morgan fingerprint density at radius 2 is 1.29 bits per heavy atom. The third-order valence-corrected chi connectivity index (χ3v) is 6.87. The van der Waals surface area contributed by atoms with Gasteiger partial charge >= 0.3 is 0 Å². The molecule has 0 amide bonds. The highest BCUT2D eigenvalue weighted by Crippen LogP contribution is 2.29. The van der Waals surface area contributed by atoms with Crippen LogP contribution in [-0.4, -0.2) is 15.0 Å². The summed E-state index contributed by atoms with van der Waals surface area (Å²) in [7, 11) is 0. The summed E-state index contributed by atoms with van der Waals surface area (Å²) in [6.45, 7) is 4.19. The van der Waals surface area contributed by atoms with E-state index in [0.29, 0.717) is 35.0 Å². The average Bonchev–Trinajstić information content (AvgIpc) is 3.05. The van der Waals surface area contributed by atoms with Gasteiger partial charge in [0.05, 0.1) is 23.3 Å². The van der Waals surface area contributed by atoms with Gasteiger partial charge in [-0.25, -0.2) is 15.0 Å². The van der Waals surface area contributed by atoms with Gasteiger partial charge in [0.2, 0.25) is 0 Å². The average molecular weight is 544 g/mol. The lowest BCUT2D eigenvalue weighted by Gasteiger charge is -2.12. The summed E-state index contributed by atoms with van der Waals surface area (Å²) in [6, 6.07) is 35.8. The summed E-state index contributed by atoms with van der Waals surface area (Å²) < 4.78 is 0. The van der Waals surface area contributed by atoms with E-state index in [-0.39, 0.29) is 0 Å². The smallest absolute Gasteiger partial charge is 0.163 e. The summed E-state index contributed by atoms with van der Waals surface area (Å²) in [6.07, 6.45) is 7.93. The lowest BCUT2D eigenvalue weighted by atomic mass is 9.94. The molecule has 0 aliphatic carbocycles. The molecule has 1 aromatic heterocycles. The maximum absolute atomic E-state index is 9.25. The van der Waals surface area contributed by atoms with Crippen molar-refractivity contribution in [2.75, 3.05) is 0 Å². The molecule has 5 nitrogen and oxygen atoms in total. The van der Waals surface area contributed by atoms with E-state index < -0.39 is 0 Å². The monoisotopic (exact) mass is 543 g/mol. The van der Waals surface area contributed by atoms with Crippen LogP contribution in [0.15, 0.2) is 115 Å². The zero-order chi connectivity index (χ0) is 29.3. The molecule has 5 heteroatoms. The molecule has 0 aliphatic rings. The Hall–Kier alpha value is -5.65. The molecule has 0 atom stereocenters. The van der Waals surface area contributed by atoms with Crippen molar-refractivity contribution in [3.8, 4) is 46.0 Å². The fourth-order valence-corrected chi connectivity index (χ4v) is 4.69. The summed E-state index contributed by atoms with van der Waals surface area (Å²) in [5.74, 6) is 1.69. The molecule has 0 fully saturated rings. The van der Waals surface area contributed by atoms with E-state index in [1.54, 1.807) is 24.3 Å². The van der Waals surface area contributed by atoms with Crippen LogP contribution in [0.4, 0.5) is 0 Å². The van der Waals surface area contributed by atoms with Crippen LogP contribution >= 0.6 is 0 Å². The first-order valence-corrected chi connectivity index (χ1v) is 13.9. The lowest BCUT2D eigenvalue weighted by molar-refractivity contribution is 0.932. The van der Waals surface area contributed by atoms with E-state index in [4.69, 9.17) is 15.0 Å². The number of aromatic nitrogens is 3. The topological polar surface area (TPSA) is 86.2 Å². The van der Waals surface area contributed by atoms with Crippen LogP contribution in [0.2, 0.25) is 0 Å². The molecule has 0 bridgehead atoms. The van der Waals surface area contributed by atoms with E-state index in [2.05, 4.69) is 86.7 Å². The van der Waals surface area contributed by atoms with E-state index in [1.165, 1.54) is 0 Å². The second kappa shape index (κ2) is 13.1. The predicted molar refractivity (Wildman–Crippen MR) is 168 cm³/mol. The van der Waals surface area contributed by atoms with E-state index in [1.807, 2.05) is 30.3 Å². The fourth-order valence-electron chi connectivity index (χ4n) is 4.69. The third-order valence-electron chi connectivity index (χ3n) is 6.87. The molecule has 0 radical (unpaired) electrons. The quantitative estimate of drug-likeness (QED) is 0.183. The molecular weight excluding hydrogens is 514 g/mol. The van der Waals surface area contributed by atoms with Gasteiger partial charge in [-0.3, -0.25) is 0 Å². The van der Waals surface area contributed by atoms with Gasteiger partial charge in [-0.05, 0) is 95.8 Å². The van der Waals surface area contributed by atoms with Gasteiger partial charge in [0.1, 0.15) is 5.82 Å². The number of rotatable bonds is 8. The molecule has 42 heavy (non-hydrogen) atoms. The highest BCUT2D eigenvalue weighted by molar-refractivity contribution is 5.78. The minimum atomic E-state index is 0.497. The zero-order valence-electron chi connectivity index (χ0n) is 23.6. The molecule has 5 rings (SSSR count). The molecule has 1 heterocycles. The lowest BCUT2D eigenvalue weighted by Crippen LogP contribution is -2.04. The molecule has 0 saturated heterocycles. The Kier molecular flexibility index (Phi) is 8.73. The van der Waals surface area contributed by atoms with E-state index in [9.17, 15) is 10.5 Å². The van der Waals surface area contributed by atoms with Gasteiger partial charge in [-0.2, -0.15) is 10.5 Å². The molecule has 4 aromatic carbocycles. The van der Waals surface area contributed by atoms with Crippen LogP contribution in [0.1, 0.15) is 48.3 Å². The fraction of sp³-hybridized carbons (Fsp3) is 0.108. The van der Waals surface area contributed by atoms with Crippen LogP contribution in [0.3, 0.4) is 0 Å². The molecule has 0 N–H and O–H groups in total. The maximum Gasteiger partial charge on any atom is 0.163 e. The first-order valence-electron chi connectivity index (χ1n) is 13.9. The zero-order valence-corrected chi connectivity index (χ0v) is 23.6. The standard InChI is InChI=1S/C37H29N5/c1-3-5-9-29(4-2)33-20-28(21-34(23-33)30-10-7-6-8-11-30)22-35-40-36(31-16-12-26(24-38)13-17-31)42-37(41-35)32-18-14-27(25-39)15-19-32/h4-21,23H,3,22H2,1-2H3/b9-5-,29-4+. The molecule has 0 unspecified atom stereocenters. The number of nitriles is 2. The first-order chi connectivity index (χ1) is 20.6. The third kappa shape index (κ3) is 6.55. The van der Waals surface area contributed by atoms with Crippen LogP contribution in [0.25, 0.3) is 39.5 Å². The van der Waals surface area contributed by atoms with Gasteiger partial charge in [-0.15, -0.1) is 0 Å². The number of benzene rings is 4. The molecular formula is C37H29N5. The molecule has 202 valence electrons. The van der Waals surface area contributed by atoms with Crippen molar-refractivity contribution in [1.82, 2.24) is 15.0 Å². The minimum absolute atomic E-state index is 0.497. The maximum atomic E-state index is 9.25. The Balaban J connectivity index is 1.63. The normalized spacial score (nSPS) is 11.3. The van der Waals surface area contributed by atoms with Gasteiger partial charge in [0.15, 0.2) is 11.6 Å². The van der Waals surface area contributed by atoms with Crippen molar-refractivity contribution in [2.45, 2.75) is 26.7 Å². The number of hydrogen-bond acceptors (Lipinski definition) is 5. The van der Waals surface area contributed by atoms with Crippen LogP contribution in [0, 0.1) is 22.7 Å². The second-order valence-electron chi connectivity index (χ2n) is 9.79. The Labute approximate surface area is 246 Å². The Bertz CT molecular complexity index is 1760. The van der Waals surface area contributed by atoms with Crippen LogP contribution in [-0.2, 0) is 6.42 Å². The molecule has 0 spiro atoms. The highest BCUT2D eigenvalue weighted by atomic mass is 15.0. The minimum Gasteiger partial charge on any atom is -0.213 e. The van der Waals surface area contributed by atoms with E-state index >= 15 is 0 Å². The largest absolute Gasteiger partial charge is 0.213 e. The van der Waals surface area contributed by atoms with Crippen LogP contribution < -0.4 is 0 Å². The number of nitrogens with zero attached hydrogens (tertiary/aromatic N) is 5. The number of hydrogen-bond donors (Lipinski definition) is 0. The van der Waals surface area contributed by atoms with Gasteiger partial charge in [0, 0.05) is 17.5 Å². The van der Waals surface area contributed by atoms with Gasteiger partial charge < -0.3 is 0 Å². The van der Waals surface area contributed by atoms with Gasteiger partial charge in [-0.1, -0.05) is 67.6 Å². The number of allylic oxidation sites excluding steroid dienone is 4. The Morgan fingerprint density at radius 1 is 0.690 bits per heavy atom. The predicted octanol–water partition coefficient (Wildman–Crippen LogP) is 8.58.